The second-order valence-corrected chi connectivity index (χ2v) is 8.09. The van der Waals surface area contributed by atoms with E-state index in [-0.39, 0.29) is 23.7 Å². The lowest BCUT2D eigenvalue weighted by Crippen LogP contribution is -2.46. The van der Waals surface area contributed by atoms with Crippen molar-refractivity contribution < 1.29 is 19.1 Å². The molecule has 1 atom stereocenters. The average molecular weight is 398 g/mol. The number of benzene rings is 1. The van der Waals surface area contributed by atoms with Gasteiger partial charge in [-0.1, -0.05) is 6.07 Å². The molecule has 1 fully saturated rings. The third-order valence-corrected chi connectivity index (χ3v) is 6.31. The van der Waals surface area contributed by atoms with Gasteiger partial charge in [0.25, 0.3) is 5.91 Å². The first-order valence-corrected chi connectivity index (χ1v) is 10.3. The van der Waals surface area contributed by atoms with Crippen molar-refractivity contribution in [2.75, 3.05) is 31.6 Å². The Balaban J connectivity index is 1.48. The van der Waals surface area contributed by atoms with E-state index in [0.29, 0.717) is 25.2 Å². The monoisotopic (exact) mass is 398 g/mol. The lowest BCUT2D eigenvalue weighted by Gasteiger charge is -2.34. The van der Waals surface area contributed by atoms with Crippen molar-refractivity contribution in [2.24, 2.45) is 5.92 Å². The number of fused-ring (bicyclic) bond motifs is 1. The SMILES string of the molecule is COC(=O)c1ccc2c(c1)CCN2C(=O)C1CCCN(C(=O)c2cccs2)C1. The highest BCUT2D eigenvalue weighted by Gasteiger charge is 2.34. The maximum atomic E-state index is 13.2. The van der Waals surface area contributed by atoms with Gasteiger partial charge in [-0.15, -0.1) is 11.3 Å². The second-order valence-electron chi connectivity index (χ2n) is 7.14. The highest BCUT2D eigenvalue weighted by atomic mass is 32.1. The van der Waals surface area contributed by atoms with Gasteiger partial charge < -0.3 is 14.5 Å². The van der Waals surface area contributed by atoms with E-state index in [1.165, 1.54) is 18.4 Å². The number of carbonyl (C=O) groups is 3. The molecule has 7 heteroatoms. The van der Waals surface area contributed by atoms with E-state index in [1.807, 2.05) is 29.6 Å². The summed E-state index contributed by atoms with van der Waals surface area (Å²) in [6.45, 7) is 1.76. The standard InChI is InChI=1S/C21H22N2O4S/c1-27-21(26)15-6-7-17-14(12-15)8-10-23(17)19(24)16-4-2-9-22(13-16)20(25)18-5-3-11-28-18/h3,5-7,11-12,16H,2,4,8-10,13H2,1H3. The molecule has 6 nitrogen and oxygen atoms in total. The van der Waals surface area contributed by atoms with Gasteiger partial charge in [-0.25, -0.2) is 4.79 Å². The Morgan fingerprint density at radius 1 is 1.18 bits per heavy atom. The van der Waals surface area contributed by atoms with Crippen LogP contribution in [-0.4, -0.2) is 49.4 Å². The van der Waals surface area contributed by atoms with Crippen LogP contribution in [0, 0.1) is 5.92 Å². The van der Waals surface area contributed by atoms with Crippen LogP contribution < -0.4 is 4.90 Å². The first kappa shape index (κ1) is 18.7. The van der Waals surface area contributed by atoms with Gasteiger partial charge in [0.05, 0.1) is 23.5 Å². The zero-order chi connectivity index (χ0) is 19.7. The second kappa shape index (κ2) is 7.75. The van der Waals surface area contributed by atoms with Crippen LogP contribution in [0.3, 0.4) is 0 Å². The van der Waals surface area contributed by atoms with Crippen molar-refractivity contribution in [3.8, 4) is 0 Å². The number of likely N-dealkylation sites (tertiary alicyclic amines) is 1. The third-order valence-electron chi connectivity index (χ3n) is 5.45. The molecule has 0 aliphatic carbocycles. The zero-order valence-electron chi connectivity index (χ0n) is 15.7. The first-order valence-electron chi connectivity index (χ1n) is 9.44. The van der Waals surface area contributed by atoms with Gasteiger partial charge in [0.1, 0.15) is 0 Å². The molecular weight excluding hydrogens is 376 g/mol. The van der Waals surface area contributed by atoms with E-state index in [4.69, 9.17) is 4.74 Å². The number of nitrogens with zero attached hydrogens (tertiary/aromatic N) is 2. The molecule has 28 heavy (non-hydrogen) atoms. The number of hydrogen-bond acceptors (Lipinski definition) is 5. The molecule has 0 bridgehead atoms. The fourth-order valence-electron chi connectivity index (χ4n) is 4.02. The van der Waals surface area contributed by atoms with Gasteiger partial charge in [-0.2, -0.15) is 0 Å². The topological polar surface area (TPSA) is 66.9 Å². The average Bonchev–Trinajstić information content (AvgIpc) is 3.41. The summed E-state index contributed by atoms with van der Waals surface area (Å²) in [5.74, 6) is -0.489. The van der Waals surface area contributed by atoms with Crippen molar-refractivity contribution in [1.29, 1.82) is 0 Å². The zero-order valence-corrected chi connectivity index (χ0v) is 16.5. The summed E-state index contributed by atoms with van der Waals surface area (Å²) in [4.78, 5) is 41.9. The Morgan fingerprint density at radius 3 is 2.79 bits per heavy atom. The molecule has 1 saturated heterocycles. The summed E-state index contributed by atoms with van der Waals surface area (Å²) in [5.41, 5.74) is 2.35. The molecule has 2 amide bonds. The number of carbonyl (C=O) groups excluding carboxylic acids is 3. The molecule has 4 rings (SSSR count). The summed E-state index contributed by atoms with van der Waals surface area (Å²) < 4.78 is 4.77. The van der Waals surface area contributed by atoms with Gasteiger partial charge in [0.2, 0.25) is 5.91 Å². The Bertz CT molecular complexity index is 909. The van der Waals surface area contributed by atoms with Gasteiger partial charge in [0.15, 0.2) is 0 Å². The van der Waals surface area contributed by atoms with Crippen LogP contribution in [0.1, 0.15) is 38.4 Å². The summed E-state index contributed by atoms with van der Waals surface area (Å²) in [7, 11) is 1.36. The van der Waals surface area contributed by atoms with E-state index < -0.39 is 0 Å². The van der Waals surface area contributed by atoms with E-state index in [2.05, 4.69) is 0 Å². The van der Waals surface area contributed by atoms with Crippen LogP contribution in [0.15, 0.2) is 35.7 Å². The predicted octanol–water partition coefficient (Wildman–Crippen LogP) is 2.98. The van der Waals surface area contributed by atoms with Crippen molar-refractivity contribution >= 4 is 34.8 Å². The summed E-state index contributed by atoms with van der Waals surface area (Å²) in [5, 5.41) is 1.89. The molecule has 146 valence electrons. The van der Waals surface area contributed by atoms with Gasteiger partial charge in [-0.05, 0) is 54.5 Å². The van der Waals surface area contributed by atoms with Crippen LogP contribution in [0.25, 0.3) is 0 Å². The minimum absolute atomic E-state index is 0.0111. The van der Waals surface area contributed by atoms with Gasteiger partial charge in [-0.3, -0.25) is 9.59 Å². The quantitative estimate of drug-likeness (QED) is 0.746. The maximum Gasteiger partial charge on any atom is 0.337 e. The molecule has 3 heterocycles. The van der Waals surface area contributed by atoms with Crippen LogP contribution >= 0.6 is 11.3 Å². The molecule has 0 saturated carbocycles. The number of piperidine rings is 1. The summed E-state index contributed by atoms with van der Waals surface area (Å²) >= 11 is 1.43. The van der Waals surface area contributed by atoms with E-state index >= 15 is 0 Å². The molecule has 1 aromatic heterocycles. The number of anilines is 1. The Hall–Kier alpha value is -2.67. The van der Waals surface area contributed by atoms with Crippen LogP contribution in [0.2, 0.25) is 0 Å². The number of ether oxygens (including phenoxy) is 1. The lowest BCUT2D eigenvalue weighted by atomic mass is 9.96. The highest BCUT2D eigenvalue weighted by Crippen LogP contribution is 2.32. The van der Waals surface area contributed by atoms with E-state index in [0.717, 1.165) is 35.4 Å². The van der Waals surface area contributed by atoms with Gasteiger partial charge >= 0.3 is 5.97 Å². The van der Waals surface area contributed by atoms with Gasteiger partial charge in [0, 0.05) is 25.3 Å². The van der Waals surface area contributed by atoms with E-state index in [9.17, 15) is 14.4 Å². The molecule has 1 aromatic carbocycles. The fraction of sp³-hybridized carbons (Fsp3) is 0.381. The van der Waals surface area contributed by atoms with Crippen molar-refractivity contribution in [2.45, 2.75) is 19.3 Å². The Labute approximate surface area is 167 Å². The number of thiophene rings is 1. The number of esters is 1. The highest BCUT2D eigenvalue weighted by molar-refractivity contribution is 7.12. The van der Waals surface area contributed by atoms with Crippen LogP contribution in [-0.2, 0) is 16.0 Å². The van der Waals surface area contributed by atoms with Crippen molar-refractivity contribution in [3.63, 3.8) is 0 Å². The van der Waals surface area contributed by atoms with Crippen LogP contribution in [0.4, 0.5) is 5.69 Å². The Morgan fingerprint density at radius 2 is 2.04 bits per heavy atom. The third kappa shape index (κ3) is 3.42. The molecule has 2 aliphatic rings. The van der Waals surface area contributed by atoms with E-state index in [1.54, 1.807) is 15.9 Å². The summed E-state index contributed by atoms with van der Waals surface area (Å²) in [6.07, 6.45) is 2.34. The van der Waals surface area contributed by atoms with Crippen molar-refractivity contribution in [3.05, 3.63) is 51.7 Å². The smallest absolute Gasteiger partial charge is 0.337 e. The largest absolute Gasteiger partial charge is 0.465 e. The normalized spacial score (nSPS) is 18.7. The number of amides is 2. The molecule has 0 N–H and O–H groups in total. The number of hydrogen-bond donors (Lipinski definition) is 0. The number of rotatable bonds is 3. The minimum Gasteiger partial charge on any atom is -0.465 e. The molecule has 2 aliphatic heterocycles. The molecule has 0 radical (unpaired) electrons. The molecule has 2 aromatic rings. The molecule has 0 spiro atoms. The summed E-state index contributed by atoms with van der Waals surface area (Å²) in [6, 6.07) is 9.03. The predicted molar refractivity (Wildman–Crippen MR) is 107 cm³/mol. The minimum atomic E-state index is -0.373. The van der Waals surface area contributed by atoms with Crippen LogP contribution in [0.5, 0.6) is 0 Å². The molecule has 1 unspecified atom stereocenters. The fourth-order valence-corrected chi connectivity index (χ4v) is 4.71. The van der Waals surface area contributed by atoms with Crippen molar-refractivity contribution in [1.82, 2.24) is 4.90 Å². The number of methoxy groups -OCH3 is 1. The maximum absolute atomic E-state index is 13.2. The first-order chi connectivity index (χ1) is 13.6. The Kier molecular flexibility index (Phi) is 5.17. The molecular formula is C21H22N2O4S. The lowest BCUT2D eigenvalue weighted by molar-refractivity contribution is -0.123.